The van der Waals surface area contributed by atoms with E-state index in [1.807, 2.05) is 12.1 Å². The average molecular weight is 348 g/mol. The quantitative estimate of drug-likeness (QED) is 0.677. The minimum absolute atomic E-state index is 0.141. The number of benzene rings is 1. The molecule has 1 heterocycles. The molecule has 1 aliphatic carbocycles. The van der Waals surface area contributed by atoms with E-state index in [1.54, 1.807) is 12.1 Å². The Morgan fingerprint density at radius 2 is 1.76 bits per heavy atom. The number of piperazine rings is 1. The SMILES string of the molecule is CC(C)N1CCN(CCCN(Cc2ccc(F)cc2)CC2CC2)CC1. The number of rotatable bonds is 9. The van der Waals surface area contributed by atoms with Gasteiger partial charge in [-0.25, -0.2) is 4.39 Å². The van der Waals surface area contributed by atoms with Crippen molar-refractivity contribution in [2.75, 3.05) is 45.8 Å². The fraction of sp³-hybridized carbons (Fsp3) is 0.714. The van der Waals surface area contributed by atoms with Crippen molar-refractivity contribution < 1.29 is 4.39 Å². The fourth-order valence-corrected chi connectivity index (χ4v) is 3.77. The molecule has 0 N–H and O–H groups in total. The van der Waals surface area contributed by atoms with E-state index in [4.69, 9.17) is 0 Å². The van der Waals surface area contributed by atoms with E-state index in [2.05, 4.69) is 28.5 Å². The van der Waals surface area contributed by atoms with Crippen molar-refractivity contribution in [2.24, 2.45) is 5.92 Å². The van der Waals surface area contributed by atoms with Crippen LogP contribution in [0.1, 0.15) is 38.7 Å². The molecule has 2 aliphatic rings. The van der Waals surface area contributed by atoms with Crippen LogP contribution < -0.4 is 0 Å². The van der Waals surface area contributed by atoms with E-state index in [1.165, 1.54) is 64.1 Å². The zero-order valence-corrected chi connectivity index (χ0v) is 16.0. The monoisotopic (exact) mass is 347 g/mol. The lowest BCUT2D eigenvalue weighted by Crippen LogP contribution is -2.49. The van der Waals surface area contributed by atoms with Gasteiger partial charge in [0.15, 0.2) is 0 Å². The Hall–Kier alpha value is -0.970. The third-order valence-corrected chi connectivity index (χ3v) is 5.62. The van der Waals surface area contributed by atoms with Gasteiger partial charge in [-0.1, -0.05) is 12.1 Å². The Kier molecular flexibility index (Phi) is 6.85. The van der Waals surface area contributed by atoms with Gasteiger partial charge in [0.2, 0.25) is 0 Å². The maximum atomic E-state index is 13.1. The van der Waals surface area contributed by atoms with E-state index < -0.39 is 0 Å². The molecule has 25 heavy (non-hydrogen) atoms. The van der Waals surface area contributed by atoms with E-state index >= 15 is 0 Å². The minimum Gasteiger partial charge on any atom is -0.301 e. The van der Waals surface area contributed by atoms with Crippen molar-refractivity contribution in [2.45, 2.75) is 45.7 Å². The first-order valence-corrected chi connectivity index (χ1v) is 10.0. The summed E-state index contributed by atoms with van der Waals surface area (Å²) in [7, 11) is 0. The summed E-state index contributed by atoms with van der Waals surface area (Å²) in [5.41, 5.74) is 1.23. The third kappa shape index (κ3) is 6.36. The van der Waals surface area contributed by atoms with Crippen LogP contribution in [0.3, 0.4) is 0 Å². The Bertz CT molecular complexity index is 504. The molecule has 1 aromatic rings. The summed E-state index contributed by atoms with van der Waals surface area (Å²) in [6.45, 7) is 13.9. The molecule has 4 heteroatoms. The van der Waals surface area contributed by atoms with Gasteiger partial charge in [0.1, 0.15) is 5.82 Å². The van der Waals surface area contributed by atoms with E-state index in [-0.39, 0.29) is 5.82 Å². The summed E-state index contributed by atoms with van der Waals surface area (Å²) in [6.07, 6.45) is 4.00. The summed E-state index contributed by atoms with van der Waals surface area (Å²) in [4.78, 5) is 7.77. The number of hydrogen-bond donors (Lipinski definition) is 0. The van der Waals surface area contributed by atoms with Crippen LogP contribution in [0.25, 0.3) is 0 Å². The zero-order chi connectivity index (χ0) is 17.6. The Labute approximate surface area is 152 Å². The van der Waals surface area contributed by atoms with Gasteiger partial charge in [-0.15, -0.1) is 0 Å². The number of hydrogen-bond acceptors (Lipinski definition) is 3. The van der Waals surface area contributed by atoms with Crippen LogP contribution in [0.2, 0.25) is 0 Å². The number of nitrogens with zero attached hydrogens (tertiary/aromatic N) is 3. The Morgan fingerprint density at radius 3 is 2.36 bits per heavy atom. The molecule has 0 aromatic heterocycles. The molecule has 3 rings (SSSR count). The molecule has 1 saturated heterocycles. The summed E-state index contributed by atoms with van der Waals surface area (Å²) in [5.74, 6) is 0.757. The summed E-state index contributed by atoms with van der Waals surface area (Å²) >= 11 is 0. The van der Waals surface area contributed by atoms with E-state index in [0.717, 1.165) is 19.0 Å². The predicted molar refractivity (Wildman–Crippen MR) is 102 cm³/mol. The standard InChI is InChI=1S/C21H34FN3/c1-18(2)25-14-12-23(13-15-25)10-3-11-24(16-19-4-5-19)17-20-6-8-21(22)9-7-20/h6-9,18-19H,3-5,10-17H2,1-2H3. The molecule has 3 nitrogen and oxygen atoms in total. The fourth-order valence-electron chi connectivity index (χ4n) is 3.77. The molecule has 0 spiro atoms. The summed E-state index contributed by atoms with van der Waals surface area (Å²) < 4.78 is 13.1. The molecular formula is C21H34FN3. The molecule has 0 radical (unpaired) electrons. The second-order valence-corrected chi connectivity index (χ2v) is 8.13. The molecular weight excluding hydrogens is 313 g/mol. The van der Waals surface area contributed by atoms with Gasteiger partial charge in [0.25, 0.3) is 0 Å². The van der Waals surface area contributed by atoms with Crippen molar-refractivity contribution in [1.82, 2.24) is 14.7 Å². The van der Waals surface area contributed by atoms with Gasteiger partial charge in [-0.3, -0.25) is 9.80 Å². The number of halogens is 1. The third-order valence-electron chi connectivity index (χ3n) is 5.62. The van der Waals surface area contributed by atoms with Crippen LogP contribution in [0.15, 0.2) is 24.3 Å². The molecule has 0 amide bonds. The maximum absolute atomic E-state index is 13.1. The van der Waals surface area contributed by atoms with Gasteiger partial charge in [-0.05, 0) is 69.8 Å². The average Bonchev–Trinajstić information content (AvgIpc) is 3.41. The van der Waals surface area contributed by atoms with Crippen molar-refractivity contribution in [3.05, 3.63) is 35.6 Å². The van der Waals surface area contributed by atoms with Crippen LogP contribution in [0.5, 0.6) is 0 Å². The lowest BCUT2D eigenvalue weighted by molar-refractivity contribution is 0.104. The molecule has 0 bridgehead atoms. The highest BCUT2D eigenvalue weighted by atomic mass is 19.1. The normalized spacial score (nSPS) is 19.9. The van der Waals surface area contributed by atoms with Gasteiger partial charge in [0.05, 0.1) is 0 Å². The van der Waals surface area contributed by atoms with Crippen LogP contribution in [0, 0.1) is 11.7 Å². The lowest BCUT2D eigenvalue weighted by atomic mass is 10.2. The van der Waals surface area contributed by atoms with E-state index in [0.29, 0.717) is 6.04 Å². The lowest BCUT2D eigenvalue weighted by Gasteiger charge is -2.37. The molecule has 1 aliphatic heterocycles. The predicted octanol–water partition coefficient (Wildman–Crippen LogP) is 3.45. The summed E-state index contributed by atoms with van der Waals surface area (Å²) in [6, 6.07) is 7.70. The van der Waals surface area contributed by atoms with Crippen molar-refractivity contribution in [3.63, 3.8) is 0 Å². The van der Waals surface area contributed by atoms with E-state index in [9.17, 15) is 4.39 Å². The zero-order valence-electron chi connectivity index (χ0n) is 16.0. The van der Waals surface area contributed by atoms with Crippen LogP contribution in [-0.4, -0.2) is 66.6 Å². The molecule has 1 saturated carbocycles. The molecule has 2 fully saturated rings. The van der Waals surface area contributed by atoms with Crippen molar-refractivity contribution in [1.29, 1.82) is 0 Å². The Balaban J connectivity index is 1.41. The molecule has 0 unspecified atom stereocenters. The molecule has 1 aromatic carbocycles. The summed E-state index contributed by atoms with van der Waals surface area (Å²) in [5, 5.41) is 0. The Morgan fingerprint density at radius 1 is 1.08 bits per heavy atom. The smallest absolute Gasteiger partial charge is 0.123 e. The highest BCUT2D eigenvalue weighted by Gasteiger charge is 2.24. The molecule has 140 valence electrons. The van der Waals surface area contributed by atoms with Gasteiger partial charge in [0, 0.05) is 45.3 Å². The van der Waals surface area contributed by atoms with Gasteiger partial charge >= 0.3 is 0 Å². The topological polar surface area (TPSA) is 9.72 Å². The first-order valence-electron chi connectivity index (χ1n) is 10.0. The van der Waals surface area contributed by atoms with Crippen LogP contribution in [0.4, 0.5) is 4.39 Å². The van der Waals surface area contributed by atoms with Gasteiger partial charge in [-0.2, -0.15) is 0 Å². The first-order chi connectivity index (χ1) is 12.1. The second-order valence-electron chi connectivity index (χ2n) is 8.13. The highest BCUT2D eigenvalue weighted by molar-refractivity contribution is 5.15. The van der Waals surface area contributed by atoms with Crippen molar-refractivity contribution in [3.8, 4) is 0 Å². The second kappa shape index (κ2) is 9.11. The van der Waals surface area contributed by atoms with Crippen LogP contribution in [-0.2, 0) is 6.54 Å². The highest BCUT2D eigenvalue weighted by Crippen LogP contribution is 2.30. The maximum Gasteiger partial charge on any atom is 0.123 e. The van der Waals surface area contributed by atoms with Crippen LogP contribution >= 0.6 is 0 Å². The first kappa shape index (κ1) is 18.8. The van der Waals surface area contributed by atoms with Gasteiger partial charge < -0.3 is 4.90 Å². The largest absolute Gasteiger partial charge is 0.301 e. The van der Waals surface area contributed by atoms with Crippen molar-refractivity contribution >= 4 is 0 Å². The minimum atomic E-state index is -0.141. The molecule has 0 atom stereocenters.